The van der Waals surface area contributed by atoms with Gasteiger partial charge in [0.15, 0.2) is 12.4 Å². The summed E-state index contributed by atoms with van der Waals surface area (Å²) in [6, 6.07) is 17.2. The van der Waals surface area contributed by atoms with Crippen LogP contribution in [0.3, 0.4) is 0 Å². The molecule has 0 spiro atoms. The number of nitrogens with zero attached hydrogens (tertiary/aromatic N) is 3. The van der Waals surface area contributed by atoms with E-state index >= 15 is 0 Å². The van der Waals surface area contributed by atoms with Crippen molar-refractivity contribution in [2.24, 2.45) is 10.9 Å². The lowest BCUT2D eigenvalue weighted by atomic mass is 10.1. The standard InChI is InChI=1S/C23H26ClN5O2/c1-16-12-17(2)29(27-16)14-19-4-3-5-20(13-19)23(25)28-31-15-22(30)26-11-10-18-6-8-21(24)9-7-18/h3-9,12-13H,10-11,14-15H2,1-2H3,(H2,25,28)(H,26,30). The van der Waals surface area contributed by atoms with Crippen LogP contribution in [0.15, 0.2) is 59.8 Å². The van der Waals surface area contributed by atoms with E-state index in [2.05, 4.69) is 15.6 Å². The summed E-state index contributed by atoms with van der Waals surface area (Å²) >= 11 is 5.86. The van der Waals surface area contributed by atoms with Crippen molar-refractivity contribution in [2.45, 2.75) is 26.8 Å². The molecule has 0 fully saturated rings. The highest BCUT2D eigenvalue weighted by Crippen LogP contribution is 2.11. The van der Waals surface area contributed by atoms with E-state index in [9.17, 15) is 4.79 Å². The van der Waals surface area contributed by atoms with Gasteiger partial charge in [0.25, 0.3) is 5.91 Å². The smallest absolute Gasteiger partial charge is 0.260 e. The van der Waals surface area contributed by atoms with E-state index in [1.807, 2.05) is 73.1 Å². The van der Waals surface area contributed by atoms with Crippen LogP contribution in [0.2, 0.25) is 5.02 Å². The summed E-state index contributed by atoms with van der Waals surface area (Å²) in [5.74, 6) is -0.0482. The van der Waals surface area contributed by atoms with Gasteiger partial charge in [0, 0.05) is 22.8 Å². The Balaban J connectivity index is 1.46. The number of carbonyl (C=O) groups excluding carboxylic acids is 1. The first-order chi connectivity index (χ1) is 14.9. The first-order valence-electron chi connectivity index (χ1n) is 9.97. The summed E-state index contributed by atoms with van der Waals surface area (Å²) in [5, 5.41) is 11.8. The molecule has 0 bridgehead atoms. The maximum atomic E-state index is 11.9. The van der Waals surface area contributed by atoms with E-state index < -0.39 is 0 Å². The first-order valence-corrected chi connectivity index (χ1v) is 10.4. The third-order valence-electron chi connectivity index (χ3n) is 4.67. The Morgan fingerprint density at radius 2 is 1.94 bits per heavy atom. The number of benzene rings is 2. The van der Waals surface area contributed by atoms with Crippen molar-refractivity contribution in [1.29, 1.82) is 0 Å². The molecular weight excluding hydrogens is 414 g/mol. The molecule has 3 rings (SSSR count). The molecule has 0 aliphatic carbocycles. The summed E-state index contributed by atoms with van der Waals surface area (Å²) < 4.78 is 1.94. The van der Waals surface area contributed by atoms with Gasteiger partial charge in [-0.3, -0.25) is 9.48 Å². The van der Waals surface area contributed by atoms with Gasteiger partial charge in [0.05, 0.1) is 12.2 Å². The number of carbonyl (C=O) groups is 1. The molecule has 1 heterocycles. The quantitative estimate of drug-likeness (QED) is 0.304. The van der Waals surface area contributed by atoms with E-state index in [0.717, 1.165) is 28.1 Å². The van der Waals surface area contributed by atoms with Crippen LogP contribution >= 0.6 is 11.6 Å². The zero-order valence-corrected chi connectivity index (χ0v) is 18.4. The van der Waals surface area contributed by atoms with Gasteiger partial charge in [-0.05, 0) is 55.7 Å². The number of aryl methyl sites for hydroxylation is 2. The maximum absolute atomic E-state index is 11.9. The van der Waals surface area contributed by atoms with Crippen LogP contribution in [0.25, 0.3) is 0 Å². The largest absolute Gasteiger partial charge is 0.384 e. The highest BCUT2D eigenvalue weighted by molar-refractivity contribution is 6.30. The molecule has 2 aromatic carbocycles. The SMILES string of the molecule is Cc1cc(C)n(Cc2cccc(/C(N)=N/OCC(=O)NCCc3ccc(Cl)cc3)c2)n1. The third-order valence-corrected chi connectivity index (χ3v) is 4.92. The van der Waals surface area contributed by atoms with Gasteiger partial charge < -0.3 is 15.9 Å². The number of amidine groups is 1. The second-order valence-corrected chi connectivity index (χ2v) is 7.70. The van der Waals surface area contributed by atoms with Crippen LogP contribution in [0.4, 0.5) is 0 Å². The molecule has 162 valence electrons. The van der Waals surface area contributed by atoms with Crippen LogP contribution in [-0.4, -0.2) is 34.7 Å². The van der Waals surface area contributed by atoms with Crippen LogP contribution in [0, 0.1) is 13.8 Å². The molecule has 1 amide bonds. The van der Waals surface area contributed by atoms with Gasteiger partial charge in [0.1, 0.15) is 0 Å². The van der Waals surface area contributed by atoms with E-state index in [1.165, 1.54) is 0 Å². The molecule has 3 N–H and O–H groups in total. The lowest BCUT2D eigenvalue weighted by Gasteiger charge is -2.08. The molecule has 31 heavy (non-hydrogen) atoms. The summed E-state index contributed by atoms with van der Waals surface area (Å²) in [7, 11) is 0. The molecule has 0 atom stereocenters. The maximum Gasteiger partial charge on any atom is 0.260 e. The molecule has 3 aromatic rings. The Labute approximate surface area is 186 Å². The minimum Gasteiger partial charge on any atom is -0.384 e. The minimum atomic E-state index is -0.260. The lowest BCUT2D eigenvalue weighted by Crippen LogP contribution is -2.29. The van der Waals surface area contributed by atoms with Gasteiger partial charge in [-0.1, -0.05) is 47.1 Å². The molecular formula is C23H26ClN5O2. The predicted octanol–water partition coefficient (Wildman–Crippen LogP) is 3.20. The van der Waals surface area contributed by atoms with E-state index in [0.29, 0.717) is 24.5 Å². The Bertz CT molecular complexity index is 1060. The molecule has 7 nitrogen and oxygen atoms in total. The van der Waals surface area contributed by atoms with Crippen LogP contribution < -0.4 is 11.1 Å². The fraction of sp³-hybridized carbons (Fsp3) is 0.261. The second kappa shape index (κ2) is 10.6. The van der Waals surface area contributed by atoms with Gasteiger partial charge in [-0.15, -0.1) is 0 Å². The van der Waals surface area contributed by atoms with Crippen molar-refractivity contribution in [1.82, 2.24) is 15.1 Å². The third kappa shape index (κ3) is 6.86. The molecule has 8 heteroatoms. The monoisotopic (exact) mass is 439 g/mol. The predicted molar refractivity (Wildman–Crippen MR) is 122 cm³/mol. The molecule has 0 unspecified atom stereocenters. The summed E-state index contributed by atoms with van der Waals surface area (Å²) in [6.07, 6.45) is 0.705. The normalized spacial score (nSPS) is 11.4. The van der Waals surface area contributed by atoms with Crippen molar-refractivity contribution in [3.63, 3.8) is 0 Å². The molecule has 0 radical (unpaired) electrons. The van der Waals surface area contributed by atoms with Crippen molar-refractivity contribution >= 4 is 23.3 Å². The van der Waals surface area contributed by atoms with Gasteiger partial charge in [-0.2, -0.15) is 5.10 Å². The number of aromatic nitrogens is 2. The van der Waals surface area contributed by atoms with Gasteiger partial charge in [-0.25, -0.2) is 0 Å². The van der Waals surface area contributed by atoms with E-state index in [4.69, 9.17) is 22.2 Å². The molecule has 1 aromatic heterocycles. The Hall–Kier alpha value is -3.32. The lowest BCUT2D eigenvalue weighted by molar-refractivity contribution is -0.125. The Morgan fingerprint density at radius 1 is 1.16 bits per heavy atom. The number of amides is 1. The number of halogens is 1. The fourth-order valence-electron chi connectivity index (χ4n) is 3.10. The average Bonchev–Trinajstić information content (AvgIpc) is 3.06. The van der Waals surface area contributed by atoms with E-state index in [-0.39, 0.29) is 18.3 Å². The van der Waals surface area contributed by atoms with Gasteiger partial charge >= 0.3 is 0 Å². The zero-order valence-electron chi connectivity index (χ0n) is 17.6. The molecule has 0 saturated heterocycles. The van der Waals surface area contributed by atoms with Crippen molar-refractivity contribution in [3.05, 3.63) is 87.7 Å². The van der Waals surface area contributed by atoms with Crippen molar-refractivity contribution < 1.29 is 9.63 Å². The summed E-state index contributed by atoms with van der Waals surface area (Å²) in [6.45, 7) is 4.92. The van der Waals surface area contributed by atoms with Crippen molar-refractivity contribution in [2.75, 3.05) is 13.2 Å². The number of rotatable bonds is 9. The summed E-state index contributed by atoms with van der Waals surface area (Å²) in [5.41, 5.74) is 11.0. The fourth-order valence-corrected chi connectivity index (χ4v) is 3.22. The van der Waals surface area contributed by atoms with Crippen LogP contribution in [-0.2, 0) is 22.6 Å². The number of nitrogens with two attached hydrogens (primary N) is 1. The second-order valence-electron chi connectivity index (χ2n) is 7.26. The Morgan fingerprint density at radius 3 is 2.65 bits per heavy atom. The summed E-state index contributed by atoms with van der Waals surface area (Å²) in [4.78, 5) is 17.0. The van der Waals surface area contributed by atoms with Gasteiger partial charge in [0.2, 0.25) is 0 Å². The highest BCUT2D eigenvalue weighted by atomic mass is 35.5. The number of oxime groups is 1. The zero-order chi connectivity index (χ0) is 22.2. The minimum absolute atomic E-state index is 0.202. The van der Waals surface area contributed by atoms with Crippen LogP contribution in [0.5, 0.6) is 0 Å². The number of nitrogens with one attached hydrogen (secondary N) is 1. The van der Waals surface area contributed by atoms with E-state index in [1.54, 1.807) is 0 Å². The average molecular weight is 440 g/mol. The number of hydrogen-bond acceptors (Lipinski definition) is 4. The van der Waals surface area contributed by atoms with Crippen molar-refractivity contribution in [3.8, 4) is 0 Å². The molecule has 0 saturated carbocycles. The Kier molecular flexibility index (Phi) is 7.67. The number of hydrogen-bond donors (Lipinski definition) is 2. The molecule has 0 aliphatic rings. The first kappa shape index (κ1) is 22.4. The topological polar surface area (TPSA) is 94.5 Å². The molecule has 0 aliphatic heterocycles. The van der Waals surface area contributed by atoms with Crippen LogP contribution in [0.1, 0.15) is 28.1 Å². The highest BCUT2D eigenvalue weighted by Gasteiger charge is 2.06.